The van der Waals surface area contributed by atoms with E-state index in [0.29, 0.717) is 23.1 Å². The first-order valence-electron chi connectivity index (χ1n) is 6.65. The summed E-state index contributed by atoms with van der Waals surface area (Å²) in [6, 6.07) is 14.2. The van der Waals surface area contributed by atoms with Crippen LogP contribution in [0.25, 0.3) is 0 Å². The highest BCUT2D eigenvalue weighted by molar-refractivity contribution is 5.95. The van der Waals surface area contributed by atoms with Crippen molar-refractivity contribution in [1.29, 1.82) is 5.26 Å². The number of benzene rings is 2. The van der Waals surface area contributed by atoms with Gasteiger partial charge in [-0.15, -0.1) is 0 Å². The van der Waals surface area contributed by atoms with Crippen molar-refractivity contribution in [3.05, 3.63) is 65.2 Å². The summed E-state index contributed by atoms with van der Waals surface area (Å²) in [4.78, 5) is 34.0. The standard InChI is InChI=1S/C17H12N2O4/c18-9-13-2-1-3-15(8-13)19-16(21)11-23-17(22)14-6-4-12(10-20)5-7-14/h1-8,10H,11H2,(H,19,21). The zero-order valence-electron chi connectivity index (χ0n) is 12.0. The van der Waals surface area contributed by atoms with Gasteiger partial charge in [0.1, 0.15) is 6.29 Å². The molecule has 0 aliphatic heterocycles. The van der Waals surface area contributed by atoms with Gasteiger partial charge in [-0.3, -0.25) is 9.59 Å². The molecule has 23 heavy (non-hydrogen) atoms. The van der Waals surface area contributed by atoms with Crippen molar-refractivity contribution < 1.29 is 19.1 Å². The third-order valence-corrected chi connectivity index (χ3v) is 2.89. The van der Waals surface area contributed by atoms with Crippen LogP contribution in [0, 0.1) is 11.3 Å². The fourth-order valence-electron chi connectivity index (χ4n) is 1.78. The van der Waals surface area contributed by atoms with Crippen LogP contribution in [0.15, 0.2) is 48.5 Å². The molecule has 6 nitrogen and oxygen atoms in total. The smallest absolute Gasteiger partial charge is 0.338 e. The molecule has 2 rings (SSSR count). The number of carbonyl (C=O) groups excluding carboxylic acids is 3. The topological polar surface area (TPSA) is 96.3 Å². The Kier molecular flexibility index (Phi) is 5.21. The lowest BCUT2D eigenvalue weighted by Crippen LogP contribution is -2.21. The van der Waals surface area contributed by atoms with E-state index < -0.39 is 18.5 Å². The number of anilines is 1. The van der Waals surface area contributed by atoms with Gasteiger partial charge in [0.25, 0.3) is 5.91 Å². The molecule has 0 aliphatic carbocycles. The third-order valence-electron chi connectivity index (χ3n) is 2.89. The first kappa shape index (κ1) is 15.9. The number of nitrogens with zero attached hydrogens (tertiary/aromatic N) is 1. The first-order valence-corrected chi connectivity index (χ1v) is 6.65. The molecule has 2 aromatic rings. The molecular formula is C17H12N2O4. The Morgan fingerprint density at radius 1 is 1.17 bits per heavy atom. The average Bonchev–Trinajstić information content (AvgIpc) is 2.60. The van der Waals surface area contributed by atoms with Crippen molar-refractivity contribution in [1.82, 2.24) is 0 Å². The normalized spacial score (nSPS) is 9.52. The molecule has 2 aromatic carbocycles. The van der Waals surface area contributed by atoms with Gasteiger partial charge in [0, 0.05) is 11.3 Å². The summed E-state index contributed by atoms with van der Waals surface area (Å²) in [5, 5.41) is 11.3. The molecule has 0 bridgehead atoms. The molecule has 0 radical (unpaired) electrons. The Morgan fingerprint density at radius 3 is 2.57 bits per heavy atom. The number of nitriles is 1. The number of esters is 1. The van der Waals surface area contributed by atoms with Crippen molar-refractivity contribution in [3.63, 3.8) is 0 Å². The molecule has 114 valence electrons. The lowest BCUT2D eigenvalue weighted by Gasteiger charge is -2.07. The minimum atomic E-state index is -0.664. The van der Waals surface area contributed by atoms with Crippen LogP contribution in [0.3, 0.4) is 0 Å². The molecule has 0 heterocycles. The van der Waals surface area contributed by atoms with Gasteiger partial charge < -0.3 is 10.1 Å². The summed E-state index contributed by atoms with van der Waals surface area (Å²) < 4.78 is 4.89. The molecule has 0 atom stereocenters. The summed E-state index contributed by atoms with van der Waals surface area (Å²) in [7, 11) is 0. The van der Waals surface area contributed by atoms with Crippen LogP contribution in [0.4, 0.5) is 5.69 Å². The highest BCUT2D eigenvalue weighted by Gasteiger charge is 2.10. The average molecular weight is 308 g/mol. The van der Waals surface area contributed by atoms with Gasteiger partial charge in [-0.1, -0.05) is 18.2 Å². The molecule has 0 fully saturated rings. The van der Waals surface area contributed by atoms with E-state index in [0.717, 1.165) is 0 Å². The largest absolute Gasteiger partial charge is 0.452 e. The van der Waals surface area contributed by atoms with E-state index in [9.17, 15) is 14.4 Å². The fraction of sp³-hybridized carbons (Fsp3) is 0.0588. The van der Waals surface area contributed by atoms with Gasteiger partial charge >= 0.3 is 5.97 Å². The van der Waals surface area contributed by atoms with Crippen LogP contribution in [-0.4, -0.2) is 24.8 Å². The van der Waals surface area contributed by atoms with Crippen molar-refractivity contribution in [2.45, 2.75) is 0 Å². The van der Waals surface area contributed by atoms with E-state index in [1.54, 1.807) is 18.2 Å². The first-order chi connectivity index (χ1) is 11.1. The SMILES string of the molecule is N#Cc1cccc(NC(=O)COC(=O)c2ccc(C=O)cc2)c1. The van der Waals surface area contributed by atoms with Gasteiger partial charge in [-0.2, -0.15) is 5.26 Å². The van der Waals surface area contributed by atoms with Crippen molar-refractivity contribution in [3.8, 4) is 6.07 Å². The second kappa shape index (κ2) is 7.52. The van der Waals surface area contributed by atoms with E-state index in [4.69, 9.17) is 10.00 Å². The van der Waals surface area contributed by atoms with Crippen LogP contribution >= 0.6 is 0 Å². The van der Waals surface area contributed by atoms with Gasteiger partial charge in [0.15, 0.2) is 6.61 Å². The Balaban J connectivity index is 1.89. The Hall–Kier alpha value is -3.46. The lowest BCUT2D eigenvalue weighted by molar-refractivity contribution is -0.119. The summed E-state index contributed by atoms with van der Waals surface area (Å²) in [6.07, 6.45) is 0.665. The van der Waals surface area contributed by atoms with E-state index in [1.165, 1.54) is 30.3 Å². The number of nitrogens with one attached hydrogen (secondary N) is 1. The Bertz CT molecular complexity index is 776. The Labute approximate surface area is 132 Å². The molecule has 6 heteroatoms. The van der Waals surface area contributed by atoms with Crippen LogP contribution < -0.4 is 5.32 Å². The minimum absolute atomic E-state index is 0.245. The number of ether oxygens (including phenoxy) is 1. The van der Waals surface area contributed by atoms with E-state index in [2.05, 4.69) is 5.32 Å². The van der Waals surface area contributed by atoms with Crippen molar-refractivity contribution >= 4 is 23.9 Å². The molecule has 0 spiro atoms. The van der Waals surface area contributed by atoms with E-state index in [-0.39, 0.29) is 5.56 Å². The van der Waals surface area contributed by atoms with Crippen molar-refractivity contribution in [2.75, 3.05) is 11.9 Å². The van der Waals surface area contributed by atoms with Crippen LogP contribution in [0.2, 0.25) is 0 Å². The van der Waals surface area contributed by atoms with Gasteiger partial charge in [-0.05, 0) is 30.3 Å². The number of aldehydes is 1. The summed E-state index contributed by atoms with van der Waals surface area (Å²) >= 11 is 0. The minimum Gasteiger partial charge on any atom is -0.452 e. The van der Waals surface area contributed by atoms with Gasteiger partial charge in [0.05, 0.1) is 17.2 Å². The number of amides is 1. The second-order valence-electron chi connectivity index (χ2n) is 4.56. The lowest BCUT2D eigenvalue weighted by atomic mass is 10.1. The van der Waals surface area contributed by atoms with E-state index >= 15 is 0 Å². The van der Waals surface area contributed by atoms with E-state index in [1.807, 2.05) is 6.07 Å². The maximum Gasteiger partial charge on any atom is 0.338 e. The monoisotopic (exact) mass is 308 g/mol. The molecular weight excluding hydrogens is 296 g/mol. The van der Waals surface area contributed by atoms with Crippen LogP contribution in [0.1, 0.15) is 26.3 Å². The van der Waals surface area contributed by atoms with Gasteiger partial charge in [-0.25, -0.2) is 4.79 Å². The Morgan fingerprint density at radius 2 is 1.91 bits per heavy atom. The molecule has 1 amide bonds. The second-order valence-corrected chi connectivity index (χ2v) is 4.56. The molecule has 0 aliphatic rings. The zero-order chi connectivity index (χ0) is 16.7. The maximum atomic E-state index is 11.8. The van der Waals surface area contributed by atoms with Crippen LogP contribution in [0.5, 0.6) is 0 Å². The zero-order valence-corrected chi connectivity index (χ0v) is 12.0. The third kappa shape index (κ3) is 4.51. The fourth-order valence-corrected chi connectivity index (χ4v) is 1.78. The van der Waals surface area contributed by atoms with Crippen molar-refractivity contribution in [2.24, 2.45) is 0 Å². The quantitative estimate of drug-likeness (QED) is 0.674. The number of hydrogen-bond acceptors (Lipinski definition) is 5. The summed E-state index contributed by atoms with van der Waals surface area (Å²) in [5.41, 5.74) is 1.54. The number of rotatable bonds is 5. The predicted octanol–water partition coefficient (Wildman–Crippen LogP) is 2.17. The highest BCUT2D eigenvalue weighted by atomic mass is 16.5. The van der Waals surface area contributed by atoms with Crippen LogP contribution in [-0.2, 0) is 9.53 Å². The molecule has 0 aromatic heterocycles. The summed E-state index contributed by atoms with van der Waals surface area (Å²) in [5.74, 6) is -1.18. The maximum absolute atomic E-state index is 11.8. The summed E-state index contributed by atoms with van der Waals surface area (Å²) in [6.45, 7) is -0.453. The molecule has 0 unspecified atom stereocenters. The highest BCUT2D eigenvalue weighted by Crippen LogP contribution is 2.10. The number of hydrogen-bond donors (Lipinski definition) is 1. The predicted molar refractivity (Wildman–Crippen MR) is 81.9 cm³/mol. The molecule has 0 saturated carbocycles. The number of carbonyl (C=O) groups is 3. The molecule has 0 saturated heterocycles. The van der Waals surface area contributed by atoms with Gasteiger partial charge in [0.2, 0.25) is 0 Å². The molecule has 1 N–H and O–H groups in total.